The molecule has 0 amide bonds. The number of halogens is 3. The summed E-state index contributed by atoms with van der Waals surface area (Å²) in [6.45, 7) is 0.500. The minimum atomic E-state index is 0.226. The van der Waals surface area contributed by atoms with Gasteiger partial charge >= 0.3 is 0 Å². The topological polar surface area (TPSA) is 48.2 Å². The second kappa shape index (κ2) is 6.98. The Morgan fingerprint density at radius 1 is 1.16 bits per heavy atom. The maximum absolute atomic E-state index is 5.98. The molecular formula is C12H11Cl3N2O2. The molecule has 0 aliphatic heterocycles. The molecule has 0 fully saturated rings. The number of benzene rings is 1. The molecule has 0 atom stereocenters. The molecule has 7 heteroatoms. The molecule has 0 spiro atoms. The highest BCUT2D eigenvalue weighted by atomic mass is 35.5. The van der Waals surface area contributed by atoms with Crippen molar-refractivity contribution in [1.82, 2.24) is 10.2 Å². The van der Waals surface area contributed by atoms with Crippen molar-refractivity contribution in [2.75, 3.05) is 6.61 Å². The third kappa shape index (κ3) is 4.27. The van der Waals surface area contributed by atoms with Crippen molar-refractivity contribution in [3.05, 3.63) is 40.0 Å². The minimum Gasteiger partial charge on any atom is -0.492 e. The molecular weight excluding hydrogens is 311 g/mol. The number of aryl methyl sites for hydroxylation is 1. The molecule has 2 aromatic rings. The van der Waals surface area contributed by atoms with Gasteiger partial charge in [-0.2, -0.15) is 0 Å². The Kier molecular flexibility index (Phi) is 5.31. The molecule has 102 valence electrons. The highest BCUT2D eigenvalue weighted by Crippen LogP contribution is 2.27. The molecule has 0 saturated carbocycles. The van der Waals surface area contributed by atoms with Crippen molar-refractivity contribution in [2.45, 2.75) is 18.7 Å². The molecule has 0 aliphatic carbocycles. The van der Waals surface area contributed by atoms with Gasteiger partial charge in [-0.15, -0.1) is 21.8 Å². The molecule has 1 heterocycles. The third-order valence-electron chi connectivity index (χ3n) is 2.31. The predicted molar refractivity (Wildman–Crippen MR) is 74.1 cm³/mol. The Bertz CT molecular complexity index is 546. The lowest BCUT2D eigenvalue weighted by atomic mass is 10.3. The highest BCUT2D eigenvalue weighted by Gasteiger charge is 2.06. The smallest absolute Gasteiger partial charge is 0.231 e. The molecule has 0 bridgehead atoms. The number of hydrogen-bond donors (Lipinski definition) is 0. The fraction of sp³-hybridized carbons (Fsp3) is 0.333. The van der Waals surface area contributed by atoms with Crippen molar-refractivity contribution in [3.63, 3.8) is 0 Å². The first kappa shape index (κ1) is 14.4. The van der Waals surface area contributed by atoms with E-state index in [0.29, 0.717) is 40.6 Å². The second-order valence-corrected chi connectivity index (χ2v) is 4.86. The fourth-order valence-electron chi connectivity index (χ4n) is 1.44. The van der Waals surface area contributed by atoms with Crippen LogP contribution < -0.4 is 4.74 Å². The maximum Gasteiger partial charge on any atom is 0.231 e. The van der Waals surface area contributed by atoms with Crippen molar-refractivity contribution in [2.24, 2.45) is 0 Å². The van der Waals surface area contributed by atoms with E-state index in [1.54, 1.807) is 18.2 Å². The third-order valence-corrected chi connectivity index (χ3v) is 3.07. The van der Waals surface area contributed by atoms with Gasteiger partial charge in [0, 0.05) is 11.4 Å². The lowest BCUT2D eigenvalue weighted by molar-refractivity contribution is 0.304. The van der Waals surface area contributed by atoms with E-state index in [1.807, 2.05) is 0 Å². The van der Waals surface area contributed by atoms with Gasteiger partial charge in [0.1, 0.15) is 11.6 Å². The summed E-state index contributed by atoms with van der Waals surface area (Å²) in [5.41, 5.74) is 0. The van der Waals surface area contributed by atoms with Gasteiger partial charge in [-0.25, -0.2) is 0 Å². The van der Waals surface area contributed by atoms with Crippen LogP contribution in [0, 0.1) is 0 Å². The summed E-state index contributed by atoms with van der Waals surface area (Å²) >= 11 is 17.3. The maximum atomic E-state index is 5.98. The average Bonchev–Trinajstić information content (AvgIpc) is 2.84. The molecule has 0 aliphatic rings. The summed E-state index contributed by atoms with van der Waals surface area (Å²) in [5.74, 6) is 1.82. The van der Waals surface area contributed by atoms with Gasteiger partial charge in [-0.1, -0.05) is 23.2 Å². The van der Waals surface area contributed by atoms with Crippen LogP contribution in [0.1, 0.15) is 18.2 Å². The molecule has 2 rings (SSSR count). The van der Waals surface area contributed by atoms with E-state index in [4.69, 9.17) is 44.0 Å². The van der Waals surface area contributed by atoms with Crippen LogP contribution in [-0.4, -0.2) is 16.8 Å². The summed E-state index contributed by atoms with van der Waals surface area (Å²) < 4.78 is 10.8. The van der Waals surface area contributed by atoms with Crippen molar-refractivity contribution < 1.29 is 9.15 Å². The Labute approximate surface area is 125 Å². The number of hydrogen-bond acceptors (Lipinski definition) is 4. The number of nitrogens with zero attached hydrogens (tertiary/aromatic N) is 2. The number of alkyl halides is 1. The molecule has 1 aromatic heterocycles. The van der Waals surface area contributed by atoms with E-state index >= 15 is 0 Å². The van der Waals surface area contributed by atoms with E-state index in [-0.39, 0.29) is 5.88 Å². The van der Waals surface area contributed by atoms with Crippen LogP contribution in [0.5, 0.6) is 5.75 Å². The van der Waals surface area contributed by atoms with Crippen molar-refractivity contribution in [3.8, 4) is 5.75 Å². The summed E-state index contributed by atoms with van der Waals surface area (Å²) in [6.07, 6.45) is 1.37. The summed E-state index contributed by atoms with van der Waals surface area (Å²) in [6, 6.07) is 5.11. The highest BCUT2D eigenvalue weighted by molar-refractivity contribution is 6.35. The van der Waals surface area contributed by atoms with Gasteiger partial charge in [-0.05, 0) is 24.6 Å². The number of aromatic nitrogens is 2. The Morgan fingerprint density at radius 2 is 1.95 bits per heavy atom. The first-order chi connectivity index (χ1) is 9.19. The van der Waals surface area contributed by atoms with Gasteiger partial charge < -0.3 is 9.15 Å². The fourth-order valence-corrected chi connectivity index (χ4v) is 2.01. The van der Waals surface area contributed by atoms with E-state index in [1.165, 1.54) is 0 Å². The molecule has 0 N–H and O–H groups in total. The van der Waals surface area contributed by atoms with Gasteiger partial charge in [0.25, 0.3) is 0 Å². The second-order valence-electron chi connectivity index (χ2n) is 3.75. The van der Waals surface area contributed by atoms with Crippen molar-refractivity contribution in [1.29, 1.82) is 0 Å². The monoisotopic (exact) mass is 320 g/mol. The minimum absolute atomic E-state index is 0.226. The van der Waals surface area contributed by atoms with Gasteiger partial charge in [-0.3, -0.25) is 0 Å². The van der Waals surface area contributed by atoms with Crippen LogP contribution in [0.4, 0.5) is 0 Å². The zero-order valence-electron chi connectivity index (χ0n) is 9.91. The van der Waals surface area contributed by atoms with Gasteiger partial charge in [0.2, 0.25) is 11.8 Å². The van der Waals surface area contributed by atoms with Crippen LogP contribution in [-0.2, 0) is 12.3 Å². The van der Waals surface area contributed by atoms with Gasteiger partial charge in [0.15, 0.2) is 0 Å². The Hall–Kier alpha value is -0.970. The van der Waals surface area contributed by atoms with Crippen LogP contribution in [0.15, 0.2) is 22.6 Å². The van der Waals surface area contributed by atoms with Crippen LogP contribution in [0.25, 0.3) is 0 Å². The van der Waals surface area contributed by atoms with Crippen molar-refractivity contribution >= 4 is 34.8 Å². The first-order valence-electron chi connectivity index (χ1n) is 5.64. The van der Waals surface area contributed by atoms with E-state index in [9.17, 15) is 0 Å². The standard InChI is InChI=1S/C12H11Cl3N2O2/c13-7-12-17-16-11(19-12)2-1-5-18-10-4-3-8(14)6-9(10)15/h3-4,6H,1-2,5,7H2. The first-order valence-corrected chi connectivity index (χ1v) is 6.93. The van der Waals surface area contributed by atoms with E-state index < -0.39 is 0 Å². The van der Waals surface area contributed by atoms with Gasteiger partial charge in [0.05, 0.1) is 11.6 Å². The van der Waals surface area contributed by atoms with E-state index in [2.05, 4.69) is 10.2 Å². The molecule has 0 unspecified atom stereocenters. The molecule has 0 radical (unpaired) electrons. The lowest BCUT2D eigenvalue weighted by Crippen LogP contribution is -2.00. The summed E-state index contributed by atoms with van der Waals surface area (Å²) in [4.78, 5) is 0. The summed E-state index contributed by atoms with van der Waals surface area (Å²) in [7, 11) is 0. The van der Waals surface area contributed by atoms with Crippen LogP contribution in [0.3, 0.4) is 0 Å². The zero-order chi connectivity index (χ0) is 13.7. The Balaban J connectivity index is 1.77. The van der Waals surface area contributed by atoms with Crippen LogP contribution >= 0.6 is 34.8 Å². The normalized spacial score (nSPS) is 10.7. The molecule has 4 nitrogen and oxygen atoms in total. The largest absolute Gasteiger partial charge is 0.492 e. The SMILES string of the molecule is ClCc1nnc(CCCOc2ccc(Cl)cc2Cl)o1. The molecule has 19 heavy (non-hydrogen) atoms. The number of ether oxygens (including phenoxy) is 1. The molecule has 0 saturated heterocycles. The lowest BCUT2D eigenvalue weighted by Gasteiger charge is -2.07. The quantitative estimate of drug-likeness (QED) is 0.593. The average molecular weight is 322 g/mol. The zero-order valence-corrected chi connectivity index (χ0v) is 12.2. The van der Waals surface area contributed by atoms with E-state index in [0.717, 1.165) is 6.42 Å². The van der Waals surface area contributed by atoms with Crippen LogP contribution in [0.2, 0.25) is 10.0 Å². The number of rotatable bonds is 6. The Morgan fingerprint density at radius 3 is 2.63 bits per heavy atom. The predicted octanol–water partition coefficient (Wildman–Crippen LogP) is 4.13. The molecule has 1 aromatic carbocycles. The summed E-state index contributed by atoms with van der Waals surface area (Å²) in [5, 5.41) is 8.71.